The molecule has 0 fully saturated rings. The molecule has 118 valence electrons. The topological polar surface area (TPSA) is 77.5 Å². The zero-order chi connectivity index (χ0) is 16.5. The van der Waals surface area contributed by atoms with Crippen molar-refractivity contribution >= 4 is 20.0 Å². The molecule has 0 aliphatic heterocycles. The third-order valence-electron chi connectivity index (χ3n) is 3.08. The Labute approximate surface area is 130 Å². The highest BCUT2D eigenvalue weighted by atomic mass is 32.2. The number of rotatable bonds is 4. The average molecular weight is 340 g/mol. The molecule has 0 aliphatic carbocycles. The lowest BCUT2D eigenvalue weighted by molar-refractivity contribution is 0.484. The molecule has 22 heavy (non-hydrogen) atoms. The van der Waals surface area contributed by atoms with E-state index in [4.69, 9.17) is 4.18 Å². The predicted octanol–water partition coefficient (Wildman–Crippen LogP) is 2.47. The van der Waals surface area contributed by atoms with E-state index in [0.29, 0.717) is 5.56 Å². The summed E-state index contributed by atoms with van der Waals surface area (Å²) >= 11 is 0. The first kappa shape index (κ1) is 16.5. The Balaban J connectivity index is 2.37. The normalized spacial score (nSPS) is 12.1. The van der Waals surface area contributed by atoms with E-state index in [9.17, 15) is 16.8 Å². The quantitative estimate of drug-likeness (QED) is 0.799. The van der Waals surface area contributed by atoms with Crippen molar-refractivity contribution in [3.8, 4) is 5.75 Å². The Morgan fingerprint density at radius 2 is 1.36 bits per heavy atom. The van der Waals surface area contributed by atoms with E-state index in [1.54, 1.807) is 19.1 Å². The Morgan fingerprint density at radius 3 is 1.91 bits per heavy atom. The summed E-state index contributed by atoms with van der Waals surface area (Å²) in [7, 11) is -7.38. The molecule has 0 heterocycles. The van der Waals surface area contributed by atoms with Gasteiger partial charge in [0.05, 0.1) is 4.90 Å². The first-order chi connectivity index (χ1) is 10.1. The summed E-state index contributed by atoms with van der Waals surface area (Å²) in [4.78, 5) is -0.0426. The van der Waals surface area contributed by atoms with Crippen molar-refractivity contribution in [2.24, 2.45) is 0 Å². The lowest BCUT2D eigenvalue weighted by Crippen LogP contribution is -2.11. The lowest BCUT2D eigenvalue weighted by Gasteiger charge is -2.10. The Bertz CT molecular complexity index is 895. The summed E-state index contributed by atoms with van der Waals surface area (Å²) in [6, 6.07) is 10.2. The summed E-state index contributed by atoms with van der Waals surface area (Å²) in [5, 5.41) is 0. The van der Waals surface area contributed by atoms with Crippen LogP contribution in [0.3, 0.4) is 0 Å². The molecule has 0 aliphatic rings. The number of sulfone groups is 1. The van der Waals surface area contributed by atoms with Crippen LogP contribution in [0, 0.1) is 13.8 Å². The molecule has 2 rings (SSSR count). The SMILES string of the molecule is Cc1ccc(C)c(OS(=O)(=O)c2ccc(S(C)(=O)=O)cc2)c1. The monoisotopic (exact) mass is 340 g/mol. The molecule has 0 saturated carbocycles. The molecule has 5 nitrogen and oxygen atoms in total. The fourth-order valence-corrected chi connectivity index (χ4v) is 3.43. The molecule has 0 bridgehead atoms. The average Bonchev–Trinajstić information content (AvgIpc) is 2.42. The van der Waals surface area contributed by atoms with Crippen LogP contribution in [0.4, 0.5) is 0 Å². The highest BCUT2D eigenvalue weighted by molar-refractivity contribution is 7.90. The molecule has 0 atom stereocenters. The smallest absolute Gasteiger partial charge is 0.339 e. The Hall–Kier alpha value is -1.86. The van der Waals surface area contributed by atoms with Gasteiger partial charge in [-0.2, -0.15) is 8.42 Å². The van der Waals surface area contributed by atoms with E-state index in [1.165, 1.54) is 24.3 Å². The summed E-state index contributed by atoms with van der Waals surface area (Å²) in [6.45, 7) is 3.58. The molecule has 0 spiro atoms. The van der Waals surface area contributed by atoms with Crippen LogP contribution in [0.2, 0.25) is 0 Å². The number of benzene rings is 2. The summed E-state index contributed by atoms with van der Waals surface area (Å²) in [5.41, 5.74) is 1.57. The molecule has 0 radical (unpaired) electrons. The van der Waals surface area contributed by atoms with Crippen molar-refractivity contribution < 1.29 is 21.0 Å². The second-order valence-electron chi connectivity index (χ2n) is 5.05. The van der Waals surface area contributed by atoms with Crippen LogP contribution in [-0.2, 0) is 20.0 Å². The lowest BCUT2D eigenvalue weighted by atomic mass is 10.1. The van der Waals surface area contributed by atoms with E-state index in [-0.39, 0.29) is 15.5 Å². The van der Waals surface area contributed by atoms with Gasteiger partial charge in [0.15, 0.2) is 9.84 Å². The predicted molar refractivity (Wildman–Crippen MR) is 83.3 cm³/mol. The fourth-order valence-electron chi connectivity index (χ4n) is 1.82. The maximum Gasteiger partial charge on any atom is 0.339 e. The molecule has 0 amide bonds. The van der Waals surface area contributed by atoms with Gasteiger partial charge < -0.3 is 4.18 Å². The minimum absolute atomic E-state index is 0.0539. The van der Waals surface area contributed by atoms with Gasteiger partial charge in [-0.15, -0.1) is 0 Å². The van der Waals surface area contributed by atoms with E-state index >= 15 is 0 Å². The second-order valence-corrected chi connectivity index (χ2v) is 8.61. The van der Waals surface area contributed by atoms with Crippen LogP contribution in [0.5, 0.6) is 5.75 Å². The highest BCUT2D eigenvalue weighted by Crippen LogP contribution is 2.24. The zero-order valence-electron chi connectivity index (χ0n) is 12.4. The van der Waals surface area contributed by atoms with Crippen LogP contribution >= 0.6 is 0 Å². The second kappa shape index (κ2) is 5.73. The molecule has 0 saturated heterocycles. The van der Waals surface area contributed by atoms with E-state index < -0.39 is 20.0 Å². The van der Waals surface area contributed by atoms with Gasteiger partial charge in [0, 0.05) is 6.26 Å². The fraction of sp³-hybridized carbons (Fsp3) is 0.200. The van der Waals surface area contributed by atoms with Crippen molar-refractivity contribution in [3.05, 3.63) is 53.6 Å². The molecule has 2 aromatic rings. The minimum Gasteiger partial charge on any atom is -0.379 e. The van der Waals surface area contributed by atoms with Crippen molar-refractivity contribution in [1.29, 1.82) is 0 Å². The first-order valence-corrected chi connectivity index (χ1v) is 9.71. The molecule has 7 heteroatoms. The van der Waals surface area contributed by atoms with Crippen LogP contribution in [0.25, 0.3) is 0 Å². The van der Waals surface area contributed by atoms with Crippen LogP contribution in [0.15, 0.2) is 52.3 Å². The third-order valence-corrected chi connectivity index (χ3v) is 5.46. The van der Waals surface area contributed by atoms with Crippen molar-refractivity contribution in [2.75, 3.05) is 6.26 Å². The van der Waals surface area contributed by atoms with Gasteiger partial charge in [-0.05, 0) is 55.3 Å². The maximum atomic E-state index is 12.3. The number of aryl methyl sites for hydroxylation is 2. The minimum atomic E-state index is -4.01. The van der Waals surface area contributed by atoms with Gasteiger partial charge in [-0.1, -0.05) is 12.1 Å². The van der Waals surface area contributed by atoms with Gasteiger partial charge in [0.25, 0.3) is 0 Å². The summed E-state index contributed by atoms with van der Waals surface area (Å²) < 4.78 is 52.4. The standard InChI is InChI=1S/C15H16O5S2/c1-11-4-5-12(2)15(10-11)20-22(18,19)14-8-6-13(7-9-14)21(3,16)17/h4-10H,1-3H3. The molecule has 2 aromatic carbocycles. The van der Waals surface area contributed by atoms with Gasteiger partial charge in [0.2, 0.25) is 0 Å². The Kier molecular flexibility index (Phi) is 4.30. The van der Waals surface area contributed by atoms with Crippen molar-refractivity contribution in [1.82, 2.24) is 0 Å². The number of hydrogen-bond donors (Lipinski definition) is 0. The van der Waals surface area contributed by atoms with E-state index in [0.717, 1.165) is 11.8 Å². The van der Waals surface area contributed by atoms with Crippen molar-refractivity contribution in [2.45, 2.75) is 23.6 Å². The van der Waals surface area contributed by atoms with E-state index in [1.807, 2.05) is 13.0 Å². The molecule has 0 unspecified atom stereocenters. The highest BCUT2D eigenvalue weighted by Gasteiger charge is 2.19. The van der Waals surface area contributed by atoms with Crippen molar-refractivity contribution in [3.63, 3.8) is 0 Å². The molecular formula is C15H16O5S2. The van der Waals surface area contributed by atoms with Crippen LogP contribution in [-0.4, -0.2) is 23.1 Å². The first-order valence-electron chi connectivity index (χ1n) is 6.41. The molecule has 0 aromatic heterocycles. The van der Waals surface area contributed by atoms with Gasteiger partial charge in [-0.25, -0.2) is 8.42 Å². The summed E-state index contributed by atoms with van der Waals surface area (Å²) in [5.74, 6) is 0.257. The molecular weight excluding hydrogens is 324 g/mol. The summed E-state index contributed by atoms with van der Waals surface area (Å²) in [6.07, 6.45) is 1.06. The van der Waals surface area contributed by atoms with Gasteiger partial charge >= 0.3 is 10.1 Å². The zero-order valence-corrected chi connectivity index (χ0v) is 14.0. The number of hydrogen-bond acceptors (Lipinski definition) is 5. The molecule has 0 N–H and O–H groups in total. The maximum absolute atomic E-state index is 12.3. The van der Waals surface area contributed by atoms with Gasteiger partial charge in [-0.3, -0.25) is 0 Å². The largest absolute Gasteiger partial charge is 0.379 e. The van der Waals surface area contributed by atoms with Gasteiger partial charge in [0.1, 0.15) is 10.6 Å². The Morgan fingerprint density at radius 1 is 0.818 bits per heavy atom. The van der Waals surface area contributed by atoms with E-state index in [2.05, 4.69) is 0 Å². The third kappa shape index (κ3) is 3.66. The van der Waals surface area contributed by atoms with Crippen LogP contribution in [0.1, 0.15) is 11.1 Å². The van der Waals surface area contributed by atoms with Crippen LogP contribution < -0.4 is 4.18 Å².